The fourth-order valence-electron chi connectivity index (χ4n) is 3.41. The number of para-hydroxylation sites is 1. The van der Waals surface area contributed by atoms with Crippen LogP contribution in [-0.2, 0) is 13.1 Å². The van der Waals surface area contributed by atoms with Crippen LogP contribution in [0.5, 0.6) is 0 Å². The fraction of sp³-hybridized carbons (Fsp3) is 0.273. The van der Waals surface area contributed by atoms with Gasteiger partial charge in [-0.3, -0.25) is 9.69 Å². The number of likely N-dealkylation sites (tertiary alicyclic amines) is 1. The Kier molecular flexibility index (Phi) is 5.30. The molecule has 2 heterocycles. The van der Waals surface area contributed by atoms with Crippen molar-refractivity contribution in [3.05, 3.63) is 83.7 Å². The standard InChI is InChI=1S/C22H24N4O/c27-22(20-15-24-26(17-20)21-6-2-1-3-7-21)23-14-18-8-10-19(11-9-18)16-25-12-4-5-13-25/h1-3,6-11,15,17H,4-5,12-14,16H2,(H,23,27). The number of hydrogen-bond acceptors (Lipinski definition) is 3. The van der Waals surface area contributed by atoms with Gasteiger partial charge in [-0.15, -0.1) is 0 Å². The van der Waals surface area contributed by atoms with Crippen molar-refractivity contribution in [2.75, 3.05) is 13.1 Å². The molecule has 3 aromatic rings. The van der Waals surface area contributed by atoms with Gasteiger partial charge in [-0.1, -0.05) is 42.5 Å². The molecule has 0 unspecified atom stereocenters. The Labute approximate surface area is 159 Å². The Morgan fingerprint density at radius 3 is 2.41 bits per heavy atom. The summed E-state index contributed by atoms with van der Waals surface area (Å²) in [4.78, 5) is 14.9. The first kappa shape index (κ1) is 17.5. The first-order valence-electron chi connectivity index (χ1n) is 9.46. The van der Waals surface area contributed by atoms with E-state index in [2.05, 4.69) is 39.6 Å². The van der Waals surface area contributed by atoms with Crippen molar-refractivity contribution in [1.29, 1.82) is 0 Å². The van der Waals surface area contributed by atoms with Crippen molar-refractivity contribution in [1.82, 2.24) is 20.0 Å². The zero-order valence-electron chi connectivity index (χ0n) is 15.3. The van der Waals surface area contributed by atoms with Gasteiger partial charge >= 0.3 is 0 Å². The number of benzene rings is 2. The molecule has 1 amide bonds. The second kappa shape index (κ2) is 8.18. The largest absolute Gasteiger partial charge is 0.348 e. The highest BCUT2D eigenvalue weighted by Crippen LogP contribution is 2.13. The van der Waals surface area contributed by atoms with Crippen LogP contribution in [0.25, 0.3) is 5.69 Å². The predicted molar refractivity (Wildman–Crippen MR) is 106 cm³/mol. The zero-order valence-corrected chi connectivity index (χ0v) is 15.3. The molecule has 0 spiro atoms. The second-order valence-electron chi connectivity index (χ2n) is 6.99. The molecule has 0 atom stereocenters. The van der Waals surface area contributed by atoms with Gasteiger partial charge in [-0.25, -0.2) is 4.68 Å². The lowest BCUT2D eigenvalue weighted by Crippen LogP contribution is -2.22. The highest BCUT2D eigenvalue weighted by Gasteiger charge is 2.12. The monoisotopic (exact) mass is 360 g/mol. The molecule has 1 aliphatic heterocycles. The van der Waals surface area contributed by atoms with E-state index in [1.54, 1.807) is 17.1 Å². The molecule has 1 fully saturated rings. The van der Waals surface area contributed by atoms with E-state index in [0.29, 0.717) is 12.1 Å². The van der Waals surface area contributed by atoms with E-state index in [4.69, 9.17) is 0 Å². The molecule has 4 rings (SSSR count). The van der Waals surface area contributed by atoms with Gasteiger partial charge in [0.15, 0.2) is 0 Å². The maximum absolute atomic E-state index is 12.4. The fourth-order valence-corrected chi connectivity index (χ4v) is 3.41. The maximum atomic E-state index is 12.4. The molecule has 0 bridgehead atoms. The Hall–Kier alpha value is -2.92. The number of rotatable bonds is 6. The van der Waals surface area contributed by atoms with Crippen LogP contribution in [-0.4, -0.2) is 33.7 Å². The van der Waals surface area contributed by atoms with Crippen LogP contribution in [0.4, 0.5) is 0 Å². The third-order valence-corrected chi connectivity index (χ3v) is 4.95. The van der Waals surface area contributed by atoms with Crippen molar-refractivity contribution >= 4 is 5.91 Å². The molecule has 0 saturated carbocycles. The summed E-state index contributed by atoms with van der Waals surface area (Å²) in [5.41, 5.74) is 3.93. The van der Waals surface area contributed by atoms with Crippen molar-refractivity contribution in [2.45, 2.75) is 25.9 Å². The van der Waals surface area contributed by atoms with E-state index >= 15 is 0 Å². The topological polar surface area (TPSA) is 50.2 Å². The van der Waals surface area contributed by atoms with Gasteiger partial charge in [0.05, 0.1) is 17.4 Å². The first-order chi connectivity index (χ1) is 13.3. The van der Waals surface area contributed by atoms with Gasteiger partial charge in [-0.05, 0) is 49.2 Å². The van der Waals surface area contributed by atoms with E-state index in [9.17, 15) is 4.79 Å². The summed E-state index contributed by atoms with van der Waals surface area (Å²) < 4.78 is 1.71. The molecule has 5 nitrogen and oxygen atoms in total. The van der Waals surface area contributed by atoms with Crippen LogP contribution in [0, 0.1) is 0 Å². The number of carbonyl (C=O) groups excluding carboxylic acids is 1. The Balaban J connectivity index is 1.32. The first-order valence-corrected chi connectivity index (χ1v) is 9.46. The number of carbonyl (C=O) groups is 1. The summed E-state index contributed by atoms with van der Waals surface area (Å²) in [5, 5.41) is 7.24. The molecule has 2 aromatic carbocycles. The van der Waals surface area contributed by atoms with E-state index < -0.39 is 0 Å². The summed E-state index contributed by atoms with van der Waals surface area (Å²) in [6.45, 7) is 3.94. The van der Waals surface area contributed by atoms with Gasteiger partial charge in [0, 0.05) is 19.3 Å². The molecule has 5 heteroatoms. The molecule has 27 heavy (non-hydrogen) atoms. The van der Waals surface area contributed by atoms with Crippen LogP contribution in [0.15, 0.2) is 67.0 Å². The lowest BCUT2D eigenvalue weighted by Gasteiger charge is -2.14. The quantitative estimate of drug-likeness (QED) is 0.733. The van der Waals surface area contributed by atoms with E-state index in [1.165, 1.54) is 31.5 Å². The third-order valence-electron chi connectivity index (χ3n) is 4.95. The summed E-state index contributed by atoms with van der Waals surface area (Å²) in [6, 6.07) is 18.3. The van der Waals surface area contributed by atoms with Gasteiger partial charge in [0.2, 0.25) is 0 Å². The lowest BCUT2D eigenvalue weighted by atomic mass is 10.1. The number of amides is 1. The van der Waals surface area contributed by atoms with Crippen LogP contribution in [0.3, 0.4) is 0 Å². The predicted octanol–water partition coefficient (Wildman–Crippen LogP) is 3.40. The van der Waals surface area contributed by atoms with Crippen molar-refractivity contribution in [3.63, 3.8) is 0 Å². The maximum Gasteiger partial charge on any atom is 0.254 e. The highest BCUT2D eigenvalue weighted by molar-refractivity contribution is 5.93. The third kappa shape index (κ3) is 4.44. The minimum Gasteiger partial charge on any atom is -0.348 e. The summed E-state index contributed by atoms with van der Waals surface area (Å²) >= 11 is 0. The second-order valence-corrected chi connectivity index (χ2v) is 6.99. The van der Waals surface area contributed by atoms with Crippen molar-refractivity contribution < 1.29 is 4.79 Å². The summed E-state index contributed by atoms with van der Waals surface area (Å²) in [6.07, 6.45) is 5.97. The number of nitrogens with one attached hydrogen (secondary N) is 1. The molecular formula is C22H24N4O. The van der Waals surface area contributed by atoms with Crippen LogP contribution >= 0.6 is 0 Å². The summed E-state index contributed by atoms with van der Waals surface area (Å²) in [7, 11) is 0. The normalized spacial score (nSPS) is 14.4. The van der Waals surface area contributed by atoms with Crippen LogP contribution in [0.1, 0.15) is 34.3 Å². The van der Waals surface area contributed by atoms with E-state index in [-0.39, 0.29) is 5.91 Å². The average molecular weight is 360 g/mol. The SMILES string of the molecule is O=C(NCc1ccc(CN2CCCC2)cc1)c1cnn(-c2ccccc2)c1. The van der Waals surface area contributed by atoms with Crippen LogP contribution in [0.2, 0.25) is 0 Å². The number of hydrogen-bond donors (Lipinski definition) is 1. The summed E-state index contributed by atoms with van der Waals surface area (Å²) in [5.74, 6) is -0.113. The molecular weight excluding hydrogens is 336 g/mol. The van der Waals surface area contributed by atoms with Gasteiger partial charge in [0.1, 0.15) is 0 Å². The highest BCUT2D eigenvalue weighted by atomic mass is 16.1. The number of nitrogens with zero attached hydrogens (tertiary/aromatic N) is 3. The molecule has 0 aliphatic carbocycles. The van der Waals surface area contributed by atoms with E-state index in [0.717, 1.165) is 17.8 Å². The average Bonchev–Trinajstić information content (AvgIpc) is 3.40. The minimum absolute atomic E-state index is 0.113. The Bertz CT molecular complexity index is 880. The van der Waals surface area contributed by atoms with Crippen molar-refractivity contribution in [2.24, 2.45) is 0 Å². The van der Waals surface area contributed by atoms with Crippen LogP contribution < -0.4 is 5.32 Å². The van der Waals surface area contributed by atoms with Crippen molar-refractivity contribution in [3.8, 4) is 5.69 Å². The van der Waals surface area contributed by atoms with E-state index in [1.807, 2.05) is 30.3 Å². The van der Waals surface area contributed by atoms with Gasteiger partial charge < -0.3 is 5.32 Å². The molecule has 1 saturated heterocycles. The molecule has 1 N–H and O–H groups in total. The molecule has 1 aliphatic rings. The zero-order chi connectivity index (χ0) is 18.5. The Morgan fingerprint density at radius 1 is 0.963 bits per heavy atom. The smallest absolute Gasteiger partial charge is 0.254 e. The van der Waals surface area contributed by atoms with Gasteiger partial charge in [0.25, 0.3) is 5.91 Å². The van der Waals surface area contributed by atoms with Gasteiger partial charge in [-0.2, -0.15) is 5.10 Å². The molecule has 138 valence electrons. The Morgan fingerprint density at radius 2 is 1.67 bits per heavy atom. The lowest BCUT2D eigenvalue weighted by molar-refractivity contribution is 0.0951. The minimum atomic E-state index is -0.113. The number of aromatic nitrogens is 2. The molecule has 0 radical (unpaired) electrons. The molecule has 1 aromatic heterocycles.